The summed E-state index contributed by atoms with van der Waals surface area (Å²) in [4.78, 5) is 33.8. The van der Waals surface area contributed by atoms with Crippen LogP contribution in [0.2, 0.25) is 0 Å². The molecule has 1 atom stereocenters. The fourth-order valence-electron chi connectivity index (χ4n) is 1.38. The number of hydrogen-bond donors (Lipinski definition) is 2. The van der Waals surface area contributed by atoms with Crippen molar-refractivity contribution in [2.24, 2.45) is 5.92 Å². The van der Waals surface area contributed by atoms with E-state index in [1.54, 1.807) is 5.32 Å². The molecule has 0 aromatic heterocycles. The van der Waals surface area contributed by atoms with Gasteiger partial charge >= 0.3 is 0 Å². The second-order valence-electron chi connectivity index (χ2n) is 5.06. The van der Waals surface area contributed by atoms with Gasteiger partial charge in [-0.1, -0.05) is 0 Å². The molecule has 0 aliphatic carbocycles. The summed E-state index contributed by atoms with van der Waals surface area (Å²) < 4.78 is 18.4. The zero-order valence-electron chi connectivity index (χ0n) is 11.1. The van der Waals surface area contributed by atoms with Gasteiger partial charge < -0.3 is 10.1 Å². The van der Waals surface area contributed by atoms with E-state index in [4.69, 9.17) is 4.74 Å². The normalized spacial score (nSPS) is 19.8. The van der Waals surface area contributed by atoms with Gasteiger partial charge in [-0.3, -0.25) is 19.7 Å². The number of hydrogen-bond acceptors (Lipinski definition) is 4. The van der Waals surface area contributed by atoms with Crippen molar-refractivity contribution in [1.82, 2.24) is 10.6 Å². The van der Waals surface area contributed by atoms with E-state index in [9.17, 15) is 18.8 Å². The van der Waals surface area contributed by atoms with Gasteiger partial charge in [0.05, 0.1) is 12.2 Å². The first kappa shape index (κ1) is 15.3. The zero-order chi connectivity index (χ0) is 14.6. The van der Waals surface area contributed by atoms with Crippen LogP contribution in [-0.2, 0) is 19.1 Å². The van der Waals surface area contributed by atoms with Crippen LogP contribution < -0.4 is 10.6 Å². The first-order valence-corrected chi connectivity index (χ1v) is 5.85. The molecule has 1 heterocycles. The summed E-state index contributed by atoms with van der Waals surface area (Å²) in [6.07, 6.45) is 0.709. The molecule has 7 heteroatoms. The standard InChI is InChI=1S/C12H17FN2O4/c1-12(2,3)19-5-4-14-9(16)7-6-8(13)11(18)15-10(7)17/h6-7H,4-5H2,1-3H3,(H,14,16)(H,15,17,18). The molecule has 0 aromatic rings. The van der Waals surface area contributed by atoms with Gasteiger partial charge in [-0.15, -0.1) is 0 Å². The molecule has 0 aromatic carbocycles. The van der Waals surface area contributed by atoms with E-state index in [1.165, 1.54) is 0 Å². The fourth-order valence-corrected chi connectivity index (χ4v) is 1.38. The van der Waals surface area contributed by atoms with Crippen LogP contribution in [0.15, 0.2) is 11.9 Å². The van der Waals surface area contributed by atoms with E-state index >= 15 is 0 Å². The average Bonchev–Trinajstić information content (AvgIpc) is 2.28. The Morgan fingerprint density at radius 3 is 2.68 bits per heavy atom. The molecule has 6 nitrogen and oxygen atoms in total. The lowest BCUT2D eigenvalue weighted by Crippen LogP contribution is -2.46. The van der Waals surface area contributed by atoms with Gasteiger partial charge in [0.25, 0.3) is 5.91 Å². The van der Waals surface area contributed by atoms with Crippen LogP contribution >= 0.6 is 0 Å². The molecule has 106 valence electrons. The number of ether oxygens (including phenoxy) is 1. The number of carbonyl (C=O) groups excluding carboxylic acids is 3. The topological polar surface area (TPSA) is 84.5 Å². The molecule has 0 bridgehead atoms. The van der Waals surface area contributed by atoms with E-state index < -0.39 is 29.5 Å². The monoisotopic (exact) mass is 272 g/mol. The highest BCUT2D eigenvalue weighted by atomic mass is 19.1. The molecule has 0 saturated carbocycles. The Labute approximate surface area is 110 Å². The Hall–Kier alpha value is -1.76. The molecular weight excluding hydrogens is 255 g/mol. The summed E-state index contributed by atoms with van der Waals surface area (Å²) in [6, 6.07) is 0. The number of amides is 3. The van der Waals surface area contributed by atoms with Gasteiger partial charge in [0, 0.05) is 6.54 Å². The second-order valence-corrected chi connectivity index (χ2v) is 5.06. The summed E-state index contributed by atoms with van der Waals surface area (Å²) in [5.41, 5.74) is -0.328. The molecule has 0 saturated heterocycles. The van der Waals surface area contributed by atoms with Gasteiger partial charge in [0.15, 0.2) is 5.83 Å². The van der Waals surface area contributed by atoms with Gasteiger partial charge in [-0.05, 0) is 26.8 Å². The van der Waals surface area contributed by atoms with Crippen LogP contribution in [0.3, 0.4) is 0 Å². The van der Waals surface area contributed by atoms with Crippen molar-refractivity contribution < 1.29 is 23.5 Å². The molecule has 0 radical (unpaired) electrons. The third-order valence-corrected chi connectivity index (χ3v) is 2.27. The lowest BCUT2D eigenvalue weighted by Gasteiger charge is -2.20. The van der Waals surface area contributed by atoms with Crippen molar-refractivity contribution in [1.29, 1.82) is 0 Å². The molecule has 1 rings (SSSR count). The van der Waals surface area contributed by atoms with Crippen molar-refractivity contribution in [3.05, 3.63) is 11.9 Å². The fraction of sp³-hybridized carbons (Fsp3) is 0.583. The molecule has 3 amide bonds. The molecule has 1 aliphatic heterocycles. The molecule has 0 fully saturated rings. The SMILES string of the molecule is CC(C)(C)OCCNC(=O)C1C=C(F)C(=O)NC1=O. The van der Waals surface area contributed by atoms with Crippen LogP contribution in [0.5, 0.6) is 0 Å². The first-order chi connectivity index (χ1) is 8.70. The minimum absolute atomic E-state index is 0.198. The molecule has 1 aliphatic rings. The molecular formula is C12H17FN2O4. The van der Waals surface area contributed by atoms with Crippen LogP contribution in [-0.4, -0.2) is 36.5 Å². The lowest BCUT2D eigenvalue weighted by atomic mass is 10.0. The maximum atomic E-state index is 13.0. The van der Waals surface area contributed by atoms with E-state index in [1.807, 2.05) is 20.8 Å². The Kier molecular flexibility index (Phi) is 4.77. The number of rotatable bonds is 4. The van der Waals surface area contributed by atoms with Crippen molar-refractivity contribution >= 4 is 17.7 Å². The van der Waals surface area contributed by atoms with Crippen LogP contribution in [0.4, 0.5) is 4.39 Å². The molecule has 1 unspecified atom stereocenters. The van der Waals surface area contributed by atoms with Crippen LogP contribution in [0.1, 0.15) is 20.8 Å². The summed E-state index contributed by atoms with van der Waals surface area (Å²) >= 11 is 0. The Morgan fingerprint density at radius 2 is 2.11 bits per heavy atom. The molecule has 19 heavy (non-hydrogen) atoms. The minimum Gasteiger partial charge on any atom is -0.374 e. The Bertz CT molecular complexity index is 426. The number of nitrogens with one attached hydrogen (secondary N) is 2. The summed E-state index contributed by atoms with van der Waals surface area (Å²) in [7, 11) is 0. The molecule has 0 spiro atoms. The Morgan fingerprint density at radius 1 is 1.47 bits per heavy atom. The number of carbonyl (C=O) groups is 3. The third-order valence-electron chi connectivity index (χ3n) is 2.27. The van der Waals surface area contributed by atoms with E-state index in [0.717, 1.165) is 0 Å². The maximum absolute atomic E-state index is 13.0. The van der Waals surface area contributed by atoms with E-state index in [-0.39, 0.29) is 18.8 Å². The van der Waals surface area contributed by atoms with E-state index in [2.05, 4.69) is 5.32 Å². The highest BCUT2D eigenvalue weighted by Gasteiger charge is 2.32. The predicted molar refractivity (Wildman–Crippen MR) is 64.5 cm³/mol. The van der Waals surface area contributed by atoms with E-state index in [0.29, 0.717) is 6.08 Å². The average molecular weight is 272 g/mol. The quantitative estimate of drug-likeness (QED) is 0.430. The van der Waals surface area contributed by atoms with Crippen molar-refractivity contribution in [3.63, 3.8) is 0 Å². The van der Waals surface area contributed by atoms with Gasteiger partial charge in [0.1, 0.15) is 5.92 Å². The third kappa shape index (κ3) is 4.78. The number of halogens is 1. The van der Waals surface area contributed by atoms with Crippen molar-refractivity contribution in [2.45, 2.75) is 26.4 Å². The highest BCUT2D eigenvalue weighted by molar-refractivity contribution is 6.14. The van der Waals surface area contributed by atoms with Crippen LogP contribution in [0.25, 0.3) is 0 Å². The maximum Gasteiger partial charge on any atom is 0.286 e. The summed E-state index contributed by atoms with van der Waals surface area (Å²) in [5, 5.41) is 4.20. The van der Waals surface area contributed by atoms with Crippen LogP contribution in [0, 0.1) is 5.92 Å². The first-order valence-electron chi connectivity index (χ1n) is 5.85. The second kappa shape index (κ2) is 5.92. The van der Waals surface area contributed by atoms with Gasteiger partial charge in [0.2, 0.25) is 11.8 Å². The minimum atomic E-state index is -1.33. The van der Waals surface area contributed by atoms with Crippen molar-refractivity contribution in [3.8, 4) is 0 Å². The zero-order valence-corrected chi connectivity index (χ0v) is 11.1. The van der Waals surface area contributed by atoms with Gasteiger partial charge in [-0.25, -0.2) is 4.39 Å². The predicted octanol–water partition coefficient (Wildman–Crippen LogP) is 0.0437. The number of imide groups is 1. The highest BCUT2D eigenvalue weighted by Crippen LogP contribution is 2.12. The lowest BCUT2D eigenvalue weighted by molar-refractivity contribution is -0.137. The molecule has 2 N–H and O–H groups in total. The smallest absolute Gasteiger partial charge is 0.286 e. The van der Waals surface area contributed by atoms with Gasteiger partial charge in [-0.2, -0.15) is 0 Å². The largest absolute Gasteiger partial charge is 0.374 e. The summed E-state index contributed by atoms with van der Waals surface area (Å²) in [5.74, 6) is -5.08. The van der Waals surface area contributed by atoms with Crippen molar-refractivity contribution in [2.75, 3.05) is 13.2 Å². The summed E-state index contributed by atoms with van der Waals surface area (Å²) in [6.45, 7) is 6.07. The Balaban J connectivity index is 2.46.